The lowest BCUT2D eigenvalue weighted by molar-refractivity contribution is 0.527. The first-order chi connectivity index (χ1) is 6.68. The molecule has 4 N–H and O–H groups in total. The summed E-state index contributed by atoms with van der Waals surface area (Å²) in [4.78, 5) is 0. The van der Waals surface area contributed by atoms with E-state index in [1.165, 1.54) is 6.07 Å². The van der Waals surface area contributed by atoms with E-state index in [0.29, 0.717) is 12.0 Å². The van der Waals surface area contributed by atoms with E-state index in [1.54, 1.807) is 12.1 Å². The average molecular weight is 216 g/mol. The monoisotopic (exact) mass is 215 g/mol. The summed E-state index contributed by atoms with van der Waals surface area (Å²) in [6.07, 6.45) is 0.510. The normalized spacial score (nSPS) is 26.8. The molecule has 2 unspecified atom stereocenters. The predicted molar refractivity (Wildman–Crippen MR) is 53.0 cm³/mol. The van der Waals surface area contributed by atoms with Gasteiger partial charge in [-0.25, -0.2) is 15.2 Å². The first kappa shape index (κ1) is 9.86. The molecule has 14 heavy (non-hydrogen) atoms. The fourth-order valence-electron chi connectivity index (χ4n) is 1.57. The Kier molecular flexibility index (Phi) is 2.69. The zero-order valence-corrected chi connectivity index (χ0v) is 8.18. The van der Waals surface area contributed by atoms with Crippen molar-refractivity contribution in [3.05, 3.63) is 34.6 Å². The highest BCUT2D eigenvalue weighted by atomic mass is 35.5. The third-order valence-electron chi connectivity index (χ3n) is 2.29. The van der Waals surface area contributed by atoms with Crippen molar-refractivity contribution in [2.24, 2.45) is 5.73 Å². The van der Waals surface area contributed by atoms with E-state index in [1.807, 2.05) is 0 Å². The minimum atomic E-state index is -0.373. The van der Waals surface area contributed by atoms with Gasteiger partial charge in [-0.05, 0) is 12.5 Å². The van der Waals surface area contributed by atoms with Gasteiger partial charge >= 0.3 is 0 Å². The lowest BCUT2D eigenvalue weighted by Gasteiger charge is -2.11. The lowest BCUT2D eigenvalue weighted by Crippen LogP contribution is -2.36. The van der Waals surface area contributed by atoms with Crippen LogP contribution in [-0.4, -0.2) is 6.17 Å². The van der Waals surface area contributed by atoms with Crippen LogP contribution in [0, 0.1) is 5.82 Å². The largest absolute Gasteiger partial charge is 0.315 e. The Morgan fingerprint density at radius 1 is 1.43 bits per heavy atom. The van der Waals surface area contributed by atoms with Gasteiger partial charge in [0.1, 0.15) is 5.82 Å². The SMILES string of the molecule is NC1CC(c2cccc(Cl)c2F)NN1. The standard InChI is InChI=1S/C9H11ClFN3/c10-6-3-1-2-5(9(6)11)7-4-8(12)14-13-7/h1-3,7-8,13-14H,4,12H2. The molecule has 1 aliphatic heterocycles. The van der Waals surface area contributed by atoms with Gasteiger partial charge in [-0.1, -0.05) is 23.7 Å². The molecule has 5 heteroatoms. The van der Waals surface area contributed by atoms with E-state index in [0.717, 1.165) is 0 Å². The molecular weight excluding hydrogens is 205 g/mol. The molecular formula is C9H11ClFN3. The maximum atomic E-state index is 13.5. The molecule has 1 saturated heterocycles. The molecule has 0 aliphatic carbocycles. The van der Waals surface area contributed by atoms with Crippen molar-refractivity contribution in [1.29, 1.82) is 0 Å². The topological polar surface area (TPSA) is 50.1 Å². The average Bonchev–Trinajstić information content (AvgIpc) is 2.57. The van der Waals surface area contributed by atoms with Crippen LogP contribution in [0.3, 0.4) is 0 Å². The first-order valence-electron chi connectivity index (χ1n) is 4.39. The molecule has 1 heterocycles. The van der Waals surface area contributed by atoms with Gasteiger partial charge in [-0.2, -0.15) is 0 Å². The molecule has 2 rings (SSSR count). The Bertz CT molecular complexity index is 345. The summed E-state index contributed by atoms with van der Waals surface area (Å²) in [6, 6.07) is 4.86. The highest BCUT2D eigenvalue weighted by Gasteiger charge is 2.24. The maximum Gasteiger partial charge on any atom is 0.146 e. The highest BCUT2D eigenvalue weighted by Crippen LogP contribution is 2.27. The highest BCUT2D eigenvalue weighted by molar-refractivity contribution is 6.30. The second-order valence-electron chi connectivity index (χ2n) is 3.33. The van der Waals surface area contributed by atoms with Crippen molar-refractivity contribution in [1.82, 2.24) is 10.9 Å². The van der Waals surface area contributed by atoms with Gasteiger partial charge in [0.25, 0.3) is 0 Å². The number of hydrogen-bond acceptors (Lipinski definition) is 3. The molecule has 0 bridgehead atoms. The summed E-state index contributed by atoms with van der Waals surface area (Å²) in [5.74, 6) is -0.373. The lowest BCUT2D eigenvalue weighted by atomic mass is 10.0. The Balaban J connectivity index is 2.28. The van der Waals surface area contributed by atoms with Crippen molar-refractivity contribution < 1.29 is 4.39 Å². The van der Waals surface area contributed by atoms with Gasteiger partial charge in [0.05, 0.1) is 17.2 Å². The molecule has 3 nitrogen and oxygen atoms in total. The van der Waals surface area contributed by atoms with Crippen LogP contribution in [0.5, 0.6) is 0 Å². The molecule has 1 aromatic rings. The number of halogens is 2. The van der Waals surface area contributed by atoms with Crippen LogP contribution in [0.1, 0.15) is 18.0 Å². The van der Waals surface area contributed by atoms with Crippen molar-refractivity contribution in [2.45, 2.75) is 18.6 Å². The van der Waals surface area contributed by atoms with Crippen molar-refractivity contribution >= 4 is 11.6 Å². The maximum absolute atomic E-state index is 13.5. The van der Waals surface area contributed by atoms with E-state index in [2.05, 4.69) is 10.9 Å². The Labute approximate surface area is 86.4 Å². The Hall–Kier alpha value is -0.680. The van der Waals surface area contributed by atoms with Crippen LogP contribution in [0.15, 0.2) is 18.2 Å². The second-order valence-corrected chi connectivity index (χ2v) is 3.73. The Morgan fingerprint density at radius 3 is 2.86 bits per heavy atom. The van der Waals surface area contributed by atoms with Crippen molar-refractivity contribution in [3.63, 3.8) is 0 Å². The third-order valence-corrected chi connectivity index (χ3v) is 2.58. The summed E-state index contributed by atoms with van der Waals surface area (Å²) in [5, 5.41) is 0.143. The fourth-order valence-corrected chi connectivity index (χ4v) is 1.76. The van der Waals surface area contributed by atoms with Crippen molar-refractivity contribution in [2.75, 3.05) is 0 Å². The summed E-state index contributed by atoms with van der Waals surface area (Å²) < 4.78 is 13.5. The van der Waals surface area contributed by atoms with Crippen LogP contribution in [0.25, 0.3) is 0 Å². The van der Waals surface area contributed by atoms with Gasteiger partial charge in [-0.3, -0.25) is 0 Å². The van der Waals surface area contributed by atoms with E-state index in [9.17, 15) is 4.39 Å². The zero-order chi connectivity index (χ0) is 10.1. The van der Waals surface area contributed by atoms with Gasteiger partial charge in [-0.15, -0.1) is 0 Å². The van der Waals surface area contributed by atoms with Gasteiger partial charge in [0.2, 0.25) is 0 Å². The molecule has 0 amide bonds. The van der Waals surface area contributed by atoms with Crippen LogP contribution >= 0.6 is 11.6 Å². The number of benzene rings is 1. The molecule has 0 saturated carbocycles. The number of hydrazine groups is 1. The van der Waals surface area contributed by atoms with E-state index in [-0.39, 0.29) is 23.0 Å². The number of rotatable bonds is 1. The molecule has 76 valence electrons. The summed E-state index contributed by atoms with van der Waals surface area (Å²) in [5.41, 5.74) is 11.9. The van der Waals surface area contributed by atoms with E-state index >= 15 is 0 Å². The molecule has 0 aromatic heterocycles. The number of nitrogens with two attached hydrogens (primary N) is 1. The van der Waals surface area contributed by atoms with E-state index in [4.69, 9.17) is 17.3 Å². The van der Waals surface area contributed by atoms with Crippen molar-refractivity contribution in [3.8, 4) is 0 Å². The summed E-state index contributed by atoms with van der Waals surface area (Å²) in [7, 11) is 0. The molecule has 0 spiro atoms. The molecule has 1 fully saturated rings. The third kappa shape index (κ3) is 1.74. The number of hydrogen-bond donors (Lipinski definition) is 3. The quantitative estimate of drug-likeness (QED) is 0.662. The Morgan fingerprint density at radius 2 is 2.21 bits per heavy atom. The van der Waals surface area contributed by atoms with Crippen LogP contribution in [-0.2, 0) is 0 Å². The van der Waals surface area contributed by atoms with E-state index < -0.39 is 0 Å². The first-order valence-corrected chi connectivity index (χ1v) is 4.77. The van der Waals surface area contributed by atoms with Gasteiger partial charge in [0, 0.05) is 5.56 Å². The second kappa shape index (κ2) is 3.82. The number of nitrogens with one attached hydrogen (secondary N) is 2. The summed E-state index contributed by atoms with van der Waals surface area (Å²) >= 11 is 5.67. The van der Waals surface area contributed by atoms with Gasteiger partial charge in [0.15, 0.2) is 0 Å². The smallest absolute Gasteiger partial charge is 0.146 e. The molecule has 2 atom stereocenters. The minimum absolute atomic E-state index is 0.108. The summed E-state index contributed by atoms with van der Waals surface area (Å²) in [6.45, 7) is 0. The minimum Gasteiger partial charge on any atom is -0.315 e. The van der Waals surface area contributed by atoms with Gasteiger partial charge < -0.3 is 5.73 Å². The fraction of sp³-hybridized carbons (Fsp3) is 0.333. The van der Waals surface area contributed by atoms with Crippen LogP contribution < -0.4 is 16.6 Å². The van der Waals surface area contributed by atoms with Crippen LogP contribution in [0.4, 0.5) is 4.39 Å². The van der Waals surface area contributed by atoms with Crippen LogP contribution in [0.2, 0.25) is 5.02 Å². The molecule has 1 aliphatic rings. The zero-order valence-electron chi connectivity index (χ0n) is 7.43. The predicted octanol–water partition coefficient (Wildman–Crippen LogP) is 1.30. The molecule has 0 radical (unpaired) electrons. The molecule has 1 aromatic carbocycles.